The molecule has 3 aliphatic rings. The van der Waals surface area contributed by atoms with Gasteiger partial charge in [-0.25, -0.2) is 18.2 Å². The van der Waals surface area contributed by atoms with Crippen LogP contribution >= 0.6 is 0 Å². The van der Waals surface area contributed by atoms with E-state index in [0.29, 0.717) is 25.1 Å². The van der Waals surface area contributed by atoms with Gasteiger partial charge in [-0.05, 0) is 62.4 Å². The molecule has 0 bridgehead atoms. The summed E-state index contributed by atoms with van der Waals surface area (Å²) in [6, 6.07) is 6.24. The van der Waals surface area contributed by atoms with Gasteiger partial charge < -0.3 is 5.32 Å². The lowest BCUT2D eigenvalue weighted by Gasteiger charge is -2.35. The van der Waals surface area contributed by atoms with Crippen LogP contribution in [0.3, 0.4) is 0 Å². The summed E-state index contributed by atoms with van der Waals surface area (Å²) in [5.74, 6) is -2.56. The topological polar surface area (TPSA) is 126 Å². The van der Waals surface area contributed by atoms with Crippen LogP contribution in [-0.4, -0.2) is 55.9 Å². The molecular formula is C28H25F3N6O4. The Morgan fingerprint density at radius 3 is 2.51 bits per heavy atom. The molecule has 41 heavy (non-hydrogen) atoms. The Morgan fingerprint density at radius 2 is 1.80 bits per heavy atom. The maximum absolute atomic E-state index is 13.7. The molecule has 2 aromatic heterocycles. The third-order valence-electron chi connectivity index (χ3n) is 7.88. The number of piperidine rings is 1. The summed E-state index contributed by atoms with van der Waals surface area (Å²) in [5.41, 5.74) is 1.14. The average Bonchev–Trinajstić information content (AvgIpc) is 3.45. The van der Waals surface area contributed by atoms with Gasteiger partial charge in [0.25, 0.3) is 18.2 Å². The molecule has 1 aromatic carbocycles. The molecule has 2 fully saturated rings. The maximum atomic E-state index is 13.7. The summed E-state index contributed by atoms with van der Waals surface area (Å²) in [5, 5.41) is 9.55. The molecule has 1 saturated carbocycles. The van der Waals surface area contributed by atoms with E-state index in [0.717, 1.165) is 4.90 Å². The van der Waals surface area contributed by atoms with Gasteiger partial charge in [0.2, 0.25) is 11.8 Å². The Hall–Kier alpha value is -4.55. The number of pyridine rings is 1. The normalized spacial score (nSPS) is 22.2. The van der Waals surface area contributed by atoms with Crippen molar-refractivity contribution in [1.29, 1.82) is 0 Å². The molecule has 1 atom stereocenters. The first-order valence-corrected chi connectivity index (χ1v) is 13.2. The van der Waals surface area contributed by atoms with Crippen molar-refractivity contribution in [3.63, 3.8) is 0 Å². The monoisotopic (exact) mass is 566 g/mol. The molecule has 4 heterocycles. The van der Waals surface area contributed by atoms with Gasteiger partial charge >= 0.3 is 0 Å². The van der Waals surface area contributed by atoms with E-state index < -0.39 is 47.6 Å². The number of alkyl halides is 2. The largest absolute Gasteiger partial charge is 0.385 e. The summed E-state index contributed by atoms with van der Waals surface area (Å²) < 4.78 is 42.6. The Morgan fingerprint density at radius 1 is 1.05 bits per heavy atom. The minimum atomic E-state index is -2.81. The van der Waals surface area contributed by atoms with Crippen LogP contribution in [0.1, 0.15) is 70.3 Å². The van der Waals surface area contributed by atoms with Gasteiger partial charge in [-0.2, -0.15) is 5.10 Å². The lowest BCUT2D eigenvalue weighted by Crippen LogP contribution is -2.54. The molecule has 6 rings (SSSR count). The number of hydrogen-bond donors (Lipinski definition) is 2. The average molecular weight is 567 g/mol. The van der Waals surface area contributed by atoms with Crippen LogP contribution in [0.5, 0.6) is 0 Å². The SMILES string of the molecule is Cc1nc(-c2cn([C@H]3C[C@H](CNc4ccc5c(c4)C(=O)N(C4CCC(=O)NC4=O)C5=O)C3)nc2C(F)F)ccc1F. The summed E-state index contributed by atoms with van der Waals surface area (Å²) in [7, 11) is 0. The first-order valence-electron chi connectivity index (χ1n) is 13.2. The number of anilines is 1. The van der Waals surface area contributed by atoms with Gasteiger partial charge in [-0.15, -0.1) is 0 Å². The number of amides is 4. The molecule has 1 aliphatic carbocycles. The van der Waals surface area contributed by atoms with Crippen LogP contribution in [0, 0.1) is 18.7 Å². The van der Waals surface area contributed by atoms with Crippen LogP contribution in [0.25, 0.3) is 11.3 Å². The second-order valence-electron chi connectivity index (χ2n) is 10.6. The fraction of sp³-hybridized carbons (Fsp3) is 0.357. The lowest BCUT2D eigenvalue weighted by molar-refractivity contribution is -0.136. The van der Waals surface area contributed by atoms with E-state index in [1.165, 1.54) is 36.0 Å². The highest BCUT2D eigenvalue weighted by molar-refractivity contribution is 6.23. The smallest absolute Gasteiger partial charge is 0.282 e. The molecule has 4 amide bonds. The lowest BCUT2D eigenvalue weighted by atomic mass is 9.80. The van der Waals surface area contributed by atoms with E-state index in [-0.39, 0.29) is 52.9 Å². The van der Waals surface area contributed by atoms with Crippen molar-refractivity contribution in [3.8, 4) is 11.3 Å². The molecule has 2 aliphatic heterocycles. The van der Waals surface area contributed by atoms with E-state index in [9.17, 15) is 32.3 Å². The number of hydrogen-bond acceptors (Lipinski definition) is 7. The van der Waals surface area contributed by atoms with Crippen molar-refractivity contribution in [2.75, 3.05) is 11.9 Å². The first-order chi connectivity index (χ1) is 19.6. The van der Waals surface area contributed by atoms with Crippen molar-refractivity contribution < 1.29 is 32.3 Å². The number of nitrogens with zero attached hydrogens (tertiary/aromatic N) is 4. The van der Waals surface area contributed by atoms with Gasteiger partial charge in [0.15, 0.2) is 0 Å². The molecule has 0 radical (unpaired) electrons. The van der Waals surface area contributed by atoms with Crippen molar-refractivity contribution in [2.45, 2.75) is 51.1 Å². The number of halogens is 3. The number of imide groups is 2. The fourth-order valence-corrected chi connectivity index (χ4v) is 5.57. The third kappa shape index (κ3) is 4.74. The van der Waals surface area contributed by atoms with Crippen molar-refractivity contribution in [3.05, 3.63) is 64.9 Å². The molecule has 13 heteroatoms. The quantitative estimate of drug-likeness (QED) is 0.417. The van der Waals surface area contributed by atoms with Crippen LogP contribution in [0.4, 0.5) is 18.9 Å². The van der Waals surface area contributed by atoms with Crippen LogP contribution in [-0.2, 0) is 9.59 Å². The zero-order chi connectivity index (χ0) is 29.0. The van der Waals surface area contributed by atoms with E-state index in [1.807, 2.05) is 0 Å². The van der Waals surface area contributed by atoms with Gasteiger partial charge in [-0.3, -0.25) is 34.1 Å². The number of carbonyl (C=O) groups is 4. The zero-order valence-electron chi connectivity index (χ0n) is 21.9. The Kier molecular flexibility index (Phi) is 6.59. The number of aromatic nitrogens is 3. The maximum Gasteiger partial charge on any atom is 0.282 e. The van der Waals surface area contributed by atoms with E-state index in [2.05, 4.69) is 20.7 Å². The Labute approximate surface area is 231 Å². The highest BCUT2D eigenvalue weighted by Crippen LogP contribution is 2.40. The van der Waals surface area contributed by atoms with Gasteiger partial charge in [0, 0.05) is 30.4 Å². The predicted octanol–water partition coefficient (Wildman–Crippen LogP) is 3.79. The minimum absolute atomic E-state index is 0.0467. The van der Waals surface area contributed by atoms with E-state index >= 15 is 0 Å². The molecule has 1 unspecified atom stereocenters. The fourth-order valence-electron chi connectivity index (χ4n) is 5.57. The van der Waals surface area contributed by atoms with Crippen LogP contribution < -0.4 is 10.6 Å². The van der Waals surface area contributed by atoms with Crippen molar-refractivity contribution in [1.82, 2.24) is 25.0 Å². The van der Waals surface area contributed by atoms with Crippen LogP contribution in [0.15, 0.2) is 36.5 Å². The minimum Gasteiger partial charge on any atom is -0.385 e. The standard InChI is InChI=1S/C28H25F3N6O4/c1-13-20(29)4-5-21(33-13)19-12-36(35-24(19)25(30)31)16-8-14(9-16)11-32-15-2-3-17-18(10-15)28(41)37(27(17)40)22-6-7-23(38)34-26(22)39/h2-5,10,12,14,16,22,25,32H,6-9,11H2,1H3,(H,34,38,39)/t14-,16-,22?. The van der Waals surface area contributed by atoms with E-state index in [1.54, 1.807) is 12.1 Å². The second kappa shape index (κ2) is 10.1. The Balaban J connectivity index is 1.09. The summed E-state index contributed by atoms with van der Waals surface area (Å²) in [6.45, 7) is 2.01. The molecule has 10 nitrogen and oxygen atoms in total. The number of carbonyl (C=O) groups excluding carboxylic acids is 4. The number of nitrogens with one attached hydrogen (secondary N) is 2. The Bertz CT molecular complexity index is 1600. The predicted molar refractivity (Wildman–Crippen MR) is 138 cm³/mol. The zero-order valence-corrected chi connectivity index (χ0v) is 21.9. The van der Waals surface area contributed by atoms with Gasteiger partial charge in [-0.1, -0.05) is 0 Å². The molecule has 2 N–H and O–H groups in total. The van der Waals surface area contributed by atoms with Gasteiger partial charge in [0.1, 0.15) is 17.6 Å². The molecule has 0 spiro atoms. The summed E-state index contributed by atoms with van der Waals surface area (Å²) in [4.78, 5) is 54.6. The number of fused-ring (bicyclic) bond motifs is 1. The highest BCUT2D eigenvalue weighted by Gasteiger charge is 2.44. The molecule has 3 aromatic rings. The second-order valence-corrected chi connectivity index (χ2v) is 10.6. The summed E-state index contributed by atoms with van der Waals surface area (Å²) >= 11 is 0. The summed E-state index contributed by atoms with van der Waals surface area (Å²) in [6.07, 6.45) is 0.214. The number of benzene rings is 1. The molecule has 1 saturated heterocycles. The first kappa shape index (κ1) is 26.7. The number of aryl methyl sites for hydroxylation is 1. The van der Waals surface area contributed by atoms with E-state index in [4.69, 9.17) is 0 Å². The van der Waals surface area contributed by atoms with Gasteiger partial charge in [0.05, 0.1) is 28.6 Å². The highest BCUT2D eigenvalue weighted by atomic mass is 19.3. The van der Waals surface area contributed by atoms with Crippen molar-refractivity contribution in [2.24, 2.45) is 5.92 Å². The third-order valence-corrected chi connectivity index (χ3v) is 7.88. The van der Waals surface area contributed by atoms with Crippen molar-refractivity contribution >= 4 is 29.3 Å². The number of rotatable bonds is 7. The van der Waals surface area contributed by atoms with Crippen LogP contribution in [0.2, 0.25) is 0 Å². The molecule has 212 valence electrons. The molecular weight excluding hydrogens is 541 g/mol.